The molecule has 13 rings (SSSR count). The Balaban J connectivity index is 1.28. The summed E-state index contributed by atoms with van der Waals surface area (Å²) in [6.45, 7) is 4.46. The normalized spacial score (nSPS) is 12.4. The van der Waals surface area contributed by atoms with Gasteiger partial charge in [0.1, 0.15) is 0 Å². The van der Waals surface area contributed by atoms with Gasteiger partial charge in [-0.15, -0.1) is 11.3 Å². The van der Waals surface area contributed by atoms with Gasteiger partial charge in [0, 0.05) is 25.6 Å². The van der Waals surface area contributed by atoms with Crippen LogP contribution in [0.25, 0.3) is 129 Å². The summed E-state index contributed by atoms with van der Waals surface area (Å²) in [6, 6.07) is 64.2. The average molecular weight is 739 g/mol. The second-order valence-electron chi connectivity index (χ2n) is 16.0. The number of thiophene rings is 1. The molecular formula is C56H34S. The highest BCUT2D eigenvalue weighted by Gasteiger charge is 2.27. The number of rotatable bonds is 3. The Labute approximate surface area is 333 Å². The van der Waals surface area contributed by atoms with Crippen LogP contribution in [0.1, 0.15) is 11.1 Å². The van der Waals surface area contributed by atoms with Gasteiger partial charge in [0.25, 0.3) is 0 Å². The van der Waals surface area contributed by atoms with Gasteiger partial charge in [-0.2, -0.15) is 0 Å². The molecule has 0 spiro atoms. The van der Waals surface area contributed by atoms with Gasteiger partial charge in [-0.05, 0) is 147 Å². The van der Waals surface area contributed by atoms with E-state index in [4.69, 9.17) is 0 Å². The Morgan fingerprint density at radius 1 is 0.281 bits per heavy atom. The van der Waals surface area contributed by atoms with Crippen LogP contribution < -0.4 is 0 Å². The number of benzene rings is 10. The fraction of sp³-hybridized carbons (Fsp3) is 0.0357. The van der Waals surface area contributed by atoms with Crippen molar-refractivity contribution >= 4 is 107 Å². The lowest BCUT2D eigenvalue weighted by Crippen LogP contribution is -1.91. The van der Waals surface area contributed by atoms with Crippen LogP contribution in [-0.2, 0) is 0 Å². The zero-order valence-corrected chi connectivity index (χ0v) is 32.4. The van der Waals surface area contributed by atoms with E-state index in [-0.39, 0.29) is 0 Å². The van der Waals surface area contributed by atoms with Gasteiger partial charge in [-0.25, -0.2) is 0 Å². The van der Waals surface area contributed by atoms with Crippen molar-refractivity contribution in [1.82, 2.24) is 0 Å². The zero-order chi connectivity index (χ0) is 37.5. The van der Waals surface area contributed by atoms with Crippen molar-refractivity contribution in [3.05, 3.63) is 181 Å². The number of fused-ring (bicyclic) bond motifs is 12. The van der Waals surface area contributed by atoms with Crippen LogP contribution in [0, 0.1) is 13.8 Å². The highest BCUT2D eigenvalue weighted by atomic mass is 32.1. The molecule has 0 aliphatic rings. The minimum atomic E-state index is 1.25. The summed E-state index contributed by atoms with van der Waals surface area (Å²) in [7, 11) is 0. The Morgan fingerprint density at radius 3 is 1.56 bits per heavy atom. The monoisotopic (exact) mass is 738 g/mol. The second-order valence-corrected chi connectivity index (χ2v) is 17.0. The molecule has 12 aromatic carbocycles. The molecule has 0 unspecified atom stereocenters. The number of hydrogen-bond acceptors (Lipinski definition) is 1. The van der Waals surface area contributed by atoms with Crippen LogP contribution in [0.3, 0.4) is 0 Å². The fourth-order valence-electron chi connectivity index (χ4n) is 10.7. The molecule has 0 nitrogen and oxygen atoms in total. The van der Waals surface area contributed by atoms with E-state index in [1.54, 1.807) is 0 Å². The predicted octanol–water partition coefficient (Wildman–Crippen LogP) is 16.6. The van der Waals surface area contributed by atoms with Gasteiger partial charge < -0.3 is 0 Å². The van der Waals surface area contributed by atoms with E-state index >= 15 is 0 Å². The first-order valence-electron chi connectivity index (χ1n) is 19.9. The van der Waals surface area contributed by atoms with Crippen molar-refractivity contribution in [2.75, 3.05) is 0 Å². The molecule has 1 heterocycles. The van der Waals surface area contributed by atoms with Crippen LogP contribution in [0.5, 0.6) is 0 Å². The smallest absolute Gasteiger partial charge is 0.0434 e. The molecule has 0 N–H and O–H groups in total. The topological polar surface area (TPSA) is 0 Å². The standard InChI is InChI=1S/C56H34S/c1-31-14-11-15-32(2)48(31)35-26-27-38-44-30-46-52-41(24-13-25-42(52)56(44)57-47(38)28-35)54-50(34-18-7-4-8-19-34)53-40-23-12-22-39-36-20-9-10-21-37(36)43(51(39)40)29-45(53)49(55(46)54)33-16-5-3-6-17-33/h3-30H,1-2H3. The van der Waals surface area contributed by atoms with E-state index in [1.807, 2.05) is 11.3 Å². The molecule has 57 heavy (non-hydrogen) atoms. The van der Waals surface area contributed by atoms with E-state index in [2.05, 4.69) is 184 Å². The first-order valence-corrected chi connectivity index (χ1v) is 20.7. The molecular weight excluding hydrogens is 705 g/mol. The molecule has 0 aliphatic heterocycles. The quantitative estimate of drug-likeness (QED) is 0.158. The van der Waals surface area contributed by atoms with E-state index < -0.39 is 0 Å². The molecule has 0 saturated heterocycles. The molecule has 0 aliphatic carbocycles. The van der Waals surface area contributed by atoms with Crippen molar-refractivity contribution in [3.63, 3.8) is 0 Å². The molecule has 1 aromatic heterocycles. The molecule has 0 atom stereocenters. The van der Waals surface area contributed by atoms with Gasteiger partial charge in [0.2, 0.25) is 0 Å². The van der Waals surface area contributed by atoms with Gasteiger partial charge in [0.05, 0.1) is 0 Å². The summed E-state index contributed by atoms with van der Waals surface area (Å²) < 4.78 is 2.71. The van der Waals surface area contributed by atoms with E-state index in [0.717, 1.165) is 0 Å². The average Bonchev–Trinajstić information content (AvgIpc) is 3.90. The summed E-state index contributed by atoms with van der Waals surface area (Å²) >= 11 is 1.95. The van der Waals surface area contributed by atoms with E-state index in [9.17, 15) is 0 Å². The van der Waals surface area contributed by atoms with Gasteiger partial charge in [-0.3, -0.25) is 0 Å². The largest absolute Gasteiger partial charge is 0.135 e. The summed E-state index contributed by atoms with van der Waals surface area (Å²) in [4.78, 5) is 0. The minimum Gasteiger partial charge on any atom is -0.135 e. The molecule has 0 fully saturated rings. The third-order valence-electron chi connectivity index (χ3n) is 13.0. The molecule has 0 amide bonds. The fourth-order valence-corrected chi connectivity index (χ4v) is 12.0. The maximum absolute atomic E-state index is 2.55. The van der Waals surface area contributed by atoms with Crippen LogP contribution in [0.2, 0.25) is 0 Å². The van der Waals surface area contributed by atoms with Crippen LogP contribution in [-0.4, -0.2) is 0 Å². The Morgan fingerprint density at radius 2 is 0.825 bits per heavy atom. The van der Waals surface area contributed by atoms with Crippen molar-refractivity contribution < 1.29 is 0 Å². The third-order valence-corrected chi connectivity index (χ3v) is 14.2. The second kappa shape index (κ2) is 11.4. The summed E-state index contributed by atoms with van der Waals surface area (Å²) in [5.41, 5.74) is 10.4. The molecule has 13 aromatic rings. The number of aryl methyl sites for hydroxylation is 2. The Hall–Kier alpha value is -6.80. The molecule has 264 valence electrons. The minimum absolute atomic E-state index is 1.25. The zero-order valence-electron chi connectivity index (χ0n) is 31.6. The molecule has 0 radical (unpaired) electrons. The lowest BCUT2D eigenvalue weighted by Gasteiger charge is -2.19. The van der Waals surface area contributed by atoms with Crippen LogP contribution in [0.4, 0.5) is 0 Å². The first-order chi connectivity index (χ1) is 28.1. The summed E-state index contributed by atoms with van der Waals surface area (Å²) in [5, 5.41) is 21.4. The highest BCUT2D eigenvalue weighted by molar-refractivity contribution is 7.26. The van der Waals surface area contributed by atoms with E-state index in [1.165, 1.54) is 140 Å². The Bertz CT molecular complexity index is 3770. The van der Waals surface area contributed by atoms with Crippen molar-refractivity contribution in [1.29, 1.82) is 0 Å². The molecule has 1 heteroatoms. The van der Waals surface area contributed by atoms with Crippen molar-refractivity contribution in [2.24, 2.45) is 0 Å². The van der Waals surface area contributed by atoms with Gasteiger partial charge >= 0.3 is 0 Å². The SMILES string of the molecule is Cc1cccc(C)c1-c1ccc2c(c1)sc1c2cc2c3c(-c4ccccc4)c4cc5c6ccccc6c6cccc(c4c(-c4ccccc4)c3c3cccc1c23)c65. The first kappa shape index (κ1) is 31.4. The van der Waals surface area contributed by atoms with Crippen molar-refractivity contribution in [2.45, 2.75) is 13.8 Å². The third kappa shape index (κ3) is 4.12. The lowest BCUT2D eigenvalue weighted by atomic mass is 9.84. The maximum Gasteiger partial charge on any atom is 0.0434 e. The van der Waals surface area contributed by atoms with Gasteiger partial charge in [0.15, 0.2) is 0 Å². The van der Waals surface area contributed by atoms with Crippen LogP contribution >= 0.6 is 11.3 Å². The summed E-state index contributed by atoms with van der Waals surface area (Å²) in [6.07, 6.45) is 0. The van der Waals surface area contributed by atoms with Crippen LogP contribution in [0.15, 0.2) is 170 Å². The van der Waals surface area contributed by atoms with Gasteiger partial charge in [-0.1, -0.05) is 152 Å². The van der Waals surface area contributed by atoms with Crippen molar-refractivity contribution in [3.8, 4) is 33.4 Å². The lowest BCUT2D eigenvalue weighted by molar-refractivity contribution is 1.38. The predicted molar refractivity (Wildman–Crippen MR) is 250 cm³/mol. The van der Waals surface area contributed by atoms with E-state index in [0.29, 0.717) is 0 Å². The summed E-state index contributed by atoms with van der Waals surface area (Å²) in [5.74, 6) is 0. The molecule has 0 bridgehead atoms. The number of hydrogen-bond donors (Lipinski definition) is 0. The Kier molecular flexibility index (Phi) is 6.27. The maximum atomic E-state index is 2.55. The highest BCUT2D eigenvalue weighted by Crippen LogP contribution is 2.56. The molecule has 0 saturated carbocycles.